The molecule has 0 amide bonds. The van der Waals surface area contributed by atoms with Gasteiger partial charge in [0, 0.05) is 0 Å². The van der Waals surface area contributed by atoms with E-state index in [-0.39, 0.29) is 0 Å². The molecular formula is C5H7F3O3S. The van der Waals surface area contributed by atoms with E-state index >= 15 is 0 Å². The number of halogens is 3. The van der Waals surface area contributed by atoms with Crippen molar-refractivity contribution in [2.45, 2.75) is 6.18 Å². The van der Waals surface area contributed by atoms with Gasteiger partial charge < -0.3 is 0 Å². The molecule has 0 unspecified atom stereocenters. The van der Waals surface area contributed by atoms with E-state index in [0.29, 0.717) is 0 Å². The molecule has 0 fully saturated rings. The van der Waals surface area contributed by atoms with Gasteiger partial charge in [-0.25, -0.2) is 0 Å². The standard InChI is InChI=1S/C5H7F3O3S/c1-2-3-11-12(9,10)4-5(6,7)8/h2H,1,3-4H2. The van der Waals surface area contributed by atoms with Gasteiger partial charge in [0.2, 0.25) is 0 Å². The summed E-state index contributed by atoms with van der Waals surface area (Å²) in [5, 5.41) is 0. The maximum atomic E-state index is 11.5. The van der Waals surface area contributed by atoms with Gasteiger partial charge in [-0.3, -0.25) is 4.18 Å². The summed E-state index contributed by atoms with van der Waals surface area (Å²) in [6, 6.07) is 0. The van der Waals surface area contributed by atoms with Gasteiger partial charge in [-0.05, 0) is 0 Å². The highest BCUT2D eigenvalue weighted by Crippen LogP contribution is 2.17. The molecule has 3 nitrogen and oxygen atoms in total. The molecule has 0 aromatic carbocycles. The molecule has 0 spiro atoms. The van der Waals surface area contributed by atoms with Crippen LogP contribution in [0.2, 0.25) is 0 Å². The van der Waals surface area contributed by atoms with Crippen LogP contribution in [0.25, 0.3) is 0 Å². The summed E-state index contributed by atoms with van der Waals surface area (Å²) in [5.74, 6) is -1.96. The minimum absolute atomic E-state index is 0.446. The van der Waals surface area contributed by atoms with Crippen molar-refractivity contribution in [3.63, 3.8) is 0 Å². The van der Waals surface area contributed by atoms with Crippen LogP contribution in [0.3, 0.4) is 0 Å². The third-order valence-corrected chi connectivity index (χ3v) is 1.88. The van der Waals surface area contributed by atoms with Gasteiger partial charge in [-0.1, -0.05) is 6.08 Å². The van der Waals surface area contributed by atoms with Crippen molar-refractivity contribution in [2.75, 3.05) is 12.4 Å². The van der Waals surface area contributed by atoms with Gasteiger partial charge >= 0.3 is 6.18 Å². The largest absolute Gasteiger partial charge is 0.405 e. The van der Waals surface area contributed by atoms with E-state index in [1.54, 1.807) is 0 Å². The summed E-state index contributed by atoms with van der Waals surface area (Å²) in [7, 11) is -4.50. The lowest BCUT2D eigenvalue weighted by Gasteiger charge is -2.05. The summed E-state index contributed by atoms with van der Waals surface area (Å²) in [4.78, 5) is 0. The Hall–Kier alpha value is -0.560. The average Bonchev–Trinajstić information content (AvgIpc) is 1.78. The summed E-state index contributed by atoms with van der Waals surface area (Å²) in [6.07, 6.45) is -3.71. The Morgan fingerprint density at radius 3 is 2.25 bits per heavy atom. The second kappa shape index (κ2) is 3.90. The second-order valence-corrected chi connectivity index (χ2v) is 3.53. The predicted octanol–water partition coefficient (Wildman–Crippen LogP) is 1.08. The highest BCUT2D eigenvalue weighted by Gasteiger charge is 2.35. The molecule has 12 heavy (non-hydrogen) atoms. The molecule has 0 aromatic rings. The van der Waals surface area contributed by atoms with Crippen LogP contribution in [0.5, 0.6) is 0 Å². The first-order valence-electron chi connectivity index (χ1n) is 2.81. The minimum Gasteiger partial charge on any atom is -0.266 e. The molecular weight excluding hydrogens is 197 g/mol. The van der Waals surface area contributed by atoms with Gasteiger partial charge in [0.15, 0.2) is 5.75 Å². The highest BCUT2D eigenvalue weighted by atomic mass is 32.2. The van der Waals surface area contributed by atoms with Crippen LogP contribution >= 0.6 is 0 Å². The van der Waals surface area contributed by atoms with E-state index in [1.807, 2.05) is 0 Å². The Kier molecular flexibility index (Phi) is 3.72. The fraction of sp³-hybridized carbons (Fsp3) is 0.600. The zero-order chi connectivity index (χ0) is 9.83. The Morgan fingerprint density at radius 1 is 1.42 bits per heavy atom. The molecule has 0 atom stereocenters. The van der Waals surface area contributed by atoms with Gasteiger partial charge in [-0.2, -0.15) is 21.6 Å². The Bertz CT molecular complexity index is 241. The molecule has 0 radical (unpaired) electrons. The summed E-state index contributed by atoms with van der Waals surface area (Å²) in [5.41, 5.74) is 0. The number of alkyl halides is 3. The maximum Gasteiger partial charge on any atom is 0.405 e. The van der Waals surface area contributed by atoms with Crippen molar-refractivity contribution in [1.82, 2.24) is 0 Å². The lowest BCUT2D eigenvalue weighted by molar-refractivity contribution is -0.107. The van der Waals surface area contributed by atoms with Gasteiger partial charge in [0.25, 0.3) is 10.1 Å². The van der Waals surface area contributed by atoms with Crippen molar-refractivity contribution < 1.29 is 25.8 Å². The minimum atomic E-state index is -4.76. The zero-order valence-corrected chi connectivity index (χ0v) is 6.78. The van der Waals surface area contributed by atoms with E-state index in [0.717, 1.165) is 6.08 Å². The molecule has 0 aliphatic rings. The van der Waals surface area contributed by atoms with Crippen molar-refractivity contribution in [3.05, 3.63) is 12.7 Å². The first kappa shape index (κ1) is 11.4. The zero-order valence-electron chi connectivity index (χ0n) is 5.97. The van der Waals surface area contributed by atoms with Crippen LogP contribution < -0.4 is 0 Å². The predicted molar refractivity (Wildman–Crippen MR) is 36.0 cm³/mol. The Labute approximate surface area is 68.0 Å². The van der Waals surface area contributed by atoms with Crippen molar-refractivity contribution in [1.29, 1.82) is 0 Å². The van der Waals surface area contributed by atoms with E-state index in [2.05, 4.69) is 10.8 Å². The van der Waals surface area contributed by atoms with Crippen molar-refractivity contribution >= 4 is 10.1 Å². The van der Waals surface area contributed by atoms with Crippen LogP contribution in [-0.2, 0) is 14.3 Å². The lowest BCUT2D eigenvalue weighted by Crippen LogP contribution is -2.24. The van der Waals surface area contributed by atoms with E-state index in [4.69, 9.17) is 0 Å². The lowest BCUT2D eigenvalue weighted by atomic mass is 10.7. The monoisotopic (exact) mass is 204 g/mol. The van der Waals surface area contributed by atoms with Crippen LogP contribution in [0.15, 0.2) is 12.7 Å². The molecule has 0 aromatic heterocycles. The molecule has 0 saturated heterocycles. The summed E-state index contributed by atoms with van der Waals surface area (Å²) in [6.45, 7) is 2.64. The summed E-state index contributed by atoms with van der Waals surface area (Å²) < 4.78 is 59.2. The fourth-order valence-corrected chi connectivity index (χ4v) is 1.18. The molecule has 7 heteroatoms. The fourth-order valence-electron chi connectivity index (χ4n) is 0.394. The van der Waals surface area contributed by atoms with E-state index < -0.39 is 28.7 Å². The molecule has 0 aliphatic heterocycles. The van der Waals surface area contributed by atoms with Crippen LogP contribution in [0.1, 0.15) is 0 Å². The SMILES string of the molecule is C=CCOS(=O)(=O)CC(F)(F)F. The third kappa shape index (κ3) is 6.17. The molecule has 0 bridgehead atoms. The normalized spacial score (nSPS) is 12.9. The number of hydrogen-bond donors (Lipinski definition) is 0. The Morgan fingerprint density at radius 2 is 1.92 bits per heavy atom. The van der Waals surface area contributed by atoms with Gasteiger partial charge in [-0.15, -0.1) is 6.58 Å². The summed E-state index contributed by atoms with van der Waals surface area (Å²) >= 11 is 0. The average molecular weight is 204 g/mol. The van der Waals surface area contributed by atoms with Crippen molar-refractivity contribution in [3.8, 4) is 0 Å². The van der Waals surface area contributed by atoms with Gasteiger partial charge in [0.05, 0.1) is 6.61 Å². The van der Waals surface area contributed by atoms with Gasteiger partial charge in [0.1, 0.15) is 0 Å². The highest BCUT2D eigenvalue weighted by molar-refractivity contribution is 7.86. The molecule has 0 rings (SSSR count). The van der Waals surface area contributed by atoms with Crippen LogP contribution in [0, 0.1) is 0 Å². The van der Waals surface area contributed by atoms with Crippen LogP contribution in [0.4, 0.5) is 13.2 Å². The molecule has 72 valence electrons. The van der Waals surface area contributed by atoms with Crippen molar-refractivity contribution in [2.24, 2.45) is 0 Å². The quantitative estimate of drug-likeness (QED) is 0.508. The maximum absolute atomic E-state index is 11.5. The van der Waals surface area contributed by atoms with Crippen LogP contribution in [-0.4, -0.2) is 27.0 Å². The van der Waals surface area contributed by atoms with E-state index in [9.17, 15) is 21.6 Å². The molecule has 0 saturated carbocycles. The third-order valence-electron chi connectivity index (χ3n) is 0.706. The Balaban J connectivity index is 4.15. The number of hydrogen-bond acceptors (Lipinski definition) is 3. The molecule has 0 N–H and O–H groups in total. The number of rotatable bonds is 4. The second-order valence-electron chi connectivity index (χ2n) is 1.89. The molecule has 0 heterocycles. The van der Waals surface area contributed by atoms with E-state index in [1.165, 1.54) is 0 Å². The molecule has 0 aliphatic carbocycles. The first-order valence-corrected chi connectivity index (χ1v) is 4.39. The smallest absolute Gasteiger partial charge is 0.266 e. The topological polar surface area (TPSA) is 43.4 Å². The first-order chi connectivity index (χ1) is 5.27.